The summed E-state index contributed by atoms with van der Waals surface area (Å²) in [5.41, 5.74) is -0.908. The molecule has 0 aliphatic rings. The lowest BCUT2D eigenvalue weighted by Gasteiger charge is -2.22. The van der Waals surface area contributed by atoms with E-state index in [0.717, 1.165) is 32.1 Å². The van der Waals surface area contributed by atoms with Crippen LogP contribution in [-0.4, -0.2) is 17.8 Å². The van der Waals surface area contributed by atoms with Gasteiger partial charge in [0.25, 0.3) is 0 Å². The first kappa shape index (κ1) is 28.8. The SMILES string of the molecule is CCCCCCCCCCCCCCCCCCC(CCCCC)(N=C=O)N=C=O. The zero-order chi connectivity index (χ0) is 22.2. The van der Waals surface area contributed by atoms with Crippen LogP contribution in [0.5, 0.6) is 0 Å². The van der Waals surface area contributed by atoms with E-state index in [-0.39, 0.29) is 0 Å². The van der Waals surface area contributed by atoms with Crippen LogP contribution in [0.3, 0.4) is 0 Å². The summed E-state index contributed by atoms with van der Waals surface area (Å²) in [4.78, 5) is 29.4. The fourth-order valence-corrected chi connectivity index (χ4v) is 4.16. The first-order chi connectivity index (χ1) is 14.7. The second-order valence-electron chi connectivity index (χ2n) is 8.90. The highest BCUT2D eigenvalue weighted by atomic mass is 16.1. The summed E-state index contributed by atoms with van der Waals surface area (Å²) in [6, 6.07) is 0. The van der Waals surface area contributed by atoms with Crippen molar-refractivity contribution in [2.75, 3.05) is 0 Å². The molecule has 0 fully saturated rings. The van der Waals surface area contributed by atoms with Gasteiger partial charge in [0.05, 0.1) is 0 Å². The normalized spacial score (nSPS) is 12.7. The molecule has 0 N–H and O–H groups in total. The number of isocyanates is 2. The van der Waals surface area contributed by atoms with E-state index < -0.39 is 5.66 Å². The summed E-state index contributed by atoms with van der Waals surface area (Å²) in [7, 11) is 0. The fourth-order valence-electron chi connectivity index (χ4n) is 4.16. The molecule has 0 heterocycles. The molecule has 30 heavy (non-hydrogen) atoms. The van der Waals surface area contributed by atoms with Gasteiger partial charge in [0.15, 0.2) is 5.66 Å². The van der Waals surface area contributed by atoms with Gasteiger partial charge >= 0.3 is 0 Å². The lowest BCUT2D eigenvalue weighted by Crippen LogP contribution is -2.23. The van der Waals surface area contributed by atoms with Crippen molar-refractivity contribution in [3.05, 3.63) is 0 Å². The Morgan fingerprint density at radius 2 is 0.733 bits per heavy atom. The third-order valence-corrected chi connectivity index (χ3v) is 6.12. The van der Waals surface area contributed by atoms with Crippen molar-refractivity contribution in [3.63, 3.8) is 0 Å². The van der Waals surface area contributed by atoms with E-state index in [4.69, 9.17) is 0 Å². The molecule has 0 unspecified atom stereocenters. The van der Waals surface area contributed by atoms with Crippen LogP contribution in [0.4, 0.5) is 0 Å². The van der Waals surface area contributed by atoms with Crippen molar-refractivity contribution in [2.45, 2.75) is 154 Å². The van der Waals surface area contributed by atoms with Crippen LogP contribution in [0.1, 0.15) is 149 Å². The maximum Gasteiger partial charge on any atom is 0.237 e. The maximum atomic E-state index is 10.8. The third-order valence-electron chi connectivity index (χ3n) is 6.12. The van der Waals surface area contributed by atoms with Gasteiger partial charge in [-0.1, -0.05) is 123 Å². The van der Waals surface area contributed by atoms with Gasteiger partial charge < -0.3 is 0 Å². The molecule has 0 atom stereocenters. The van der Waals surface area contributed by atoms with Gasteiger partial charge in [0.1, 0.15) is 0 Å². The van der Waals surface area contributed by atoms with Crippen molar-refractivity contribution in [1.82, 2.24) is 0 Å². The number of hydrogen-bond donors (Lipinski definition) is 0. The monoisotopic (exact) mass is 420 g/mol. The molecule has 0 saturated heterocycles. The van der Waals surface area contributed by atoms with Gasteiger partial charge in [-0.3, -0.25) is 0 Å². The van der Waals surface area contributed by atoms with Gasteiger partial charge in [-0.25, -0.2) is 9.59 Å². The Labute approximate surface area is 186 Å². The highest BCUT2D eigenvalue weighted by molar-refractivity contribution is 5.39. The van der Waals surface area contributed by atoms with E-state index in [2.05, 4.69) is 23.8 Å². The maximum absolute atomic E-state index is 10.8. The van der Waals surface area contributed by atoms with Gasteiger partial charge in [-0.2, -0.15) is 9.98 Å². The summed E-state index contributed by atoms with van der Waals surface area (Å²) in [5.74, 6) is 0. The number of nitrogens with zero attached hydrogens (tertiary/aromatic N) is 2. The Morgan fingerprint density at radius 3 is 1.07 bits per heavy atom. The zero-order valence-corrected chi connectivity index (χ0v) is 20.1. The van der Waals surface area contributed by atoms with Crippen molar-refractivity contribution < 1.29 is 9.59 Å². The van der Waals surface area contributed by atoms with Crippen LogP contribution in [0, 0.1) is 0 Å². The van der Waals surface area contributed by atoms with E-state index in [1.54, 1.807) is 12.2 Å². The molecule has 0 radical (unpaired) electrons. The van der Waals surface area contributed by atoms with Crippen LogP contribution in [0.2, 0.25) is 0 Å². The van der Waals surface area contributed by atoms with Crippen molar-refractivity contribution in [3.8, 4) is 0 Å². The highest BCUT2D eigenvalue weighted by Gasteiger charge is 2.28. The third kappa shape index (κ3) is 17.6. The molecule has 0 spiro atoms. The molecule has 0 aliphatic heterocycles. The van der Waals surface area contributed by atoms with Crippen LogP contribution < -0.4 is 0 Å². The summed E-state index contributed by atoms with van der Waals surface area (Å²) in [5, 5.41) is 0. The average Bonchev–Trinajstić information content (AvgIpc) is 2.74. The largest absolute Gasteiger partial charge is 0.237 e. The molecule has 0 rings (SSSR count). The average molecular weight is 421 g/mol. The Bertz CT molecular complexity index is 448. The number of hydrogen-bond acceptors (Lipinski definition) is 4. The zero-order valence-electron chi connectivity index (χ0n) is 20.1. The smallest absolute Gasteiger partial charge is 0.211 e. The van der Waals surface area contributed by atoms with Crippen LogP contribution in [0.25, 0.3) is 0 Å². The second-order valence-corrected chi connectivity index (χ2v) is 8.90. The predicted octanol–water partition coefficient (Wildman–Crippen LogP) is 8.59. The molecule has 0 bridgehead atoms. The van der Waals surface area contributed by atoms with Gasteiger partial charge in [0.2, 0.25) is 12.2 Å². The molecule has 4 nitrogen and oxygen atoms in total. The highest BCUT2D eigenvalue weighted by Crippen LogP contribution is 2.28. The van der Waals surface area contributed by atoms with Gasteiger partial charge in [-0.15, -0.1) is 0 Å². The van der Waals surface area contributed by atoms with E-state index in [0.29, 0.717) is 12.8 Å². The lowest BCUT2D eigenvalue weighted by atomic mass is 9.95. The minimum absolute atomic E-state index is 0.643. The predicted molar refractivity (Wildman–Crippen MR) is 127 cm³/mol. The van der Waals surface area contributed by atoms with Crippen LogP contribution in [0.15, 0.2) is 9.98 Å². The van der Waals surface area contributed by atoms with Crippen molar-refractivity contribution in [2.24, 2.45) is 9.98 Å². The summed E-state index contributed by atoms with van der Waals surface area (Å²) in [6.07, 6.45) is 28.8. The minimum atomic E-state index is -0.908. The van der Waals surface area contributed by atoms with Crippen LogP contribution >= 0.6 is 0 Å². The quantitative estimate of drug-likeness (QED) is 0.0943. The van der Waals surface area contributed by atoms with Crippen molar-refractivity contribution in [1.29, 1.82) is 0 Å². The molecule has 0 aromatic heterocycles. The Morgan fingerprint density at radius 1 is 0.467 bits per heavy atom. The molecule has 0 aromatic carbocycles. The van der Waals surface area contributed by atoms with Gasteiger partial charge in [-0.05, 0) is 25.7 Å². The van der Waals surface area contributed by atoms with Gasteiger partial charge in [0, 0.05) is 0 Å². The first-order valence-corrected chi connectivity index (χ1v) is 12.9. The number of rotatable bonds is 23. The molecular weight excluding hydrogens is 372 g/mol. The standard InChI is InChI=1S/C26H48N2O2/c1-3-5-7-8-9-10-11-12-13-14-15-16-17-18-19-21-23-26(27-24-29,28-25-30)22-20-6-4-2/h3-23H2,1-2H3. The van der Waals surface area contributed by atoms with Crippen LogP contribution in [-0.2, 0) is 9.59 Å². The molecular formula is C26H48N2O2. The fraction of sp³-hybridized carbons (Fsp3) is 0.923. The van der Waals surface area contributed by atoms with E-state index >= 15 is 0 Å². The minimum Gasteiger partial charge on any atom is -0.211 e. The Hall–Kier alpha value is -1.24. The topological polar surface area (TPSA) is 58.9 Å². The molecule has 0 amide bonds. The number of aliphatic imine (C=N–C) groups is 2. The summed E-state index contributed by atoms with van der Waals surface area (Å²) < 4.78 is 0. The molecule has 0 aliphatic carbocycles. The molecule has 0 aromatic rings. The Balaban J connectivity index is 3.67. The number of carbonyl (C=O) groups excluding carboxylic acids is 2. The number of unbranched alkanes of at least 4 members (excludes halogenated alkanes) is 17. The second kappa shape index (κ2) is 22.4. The Kier molecular flexibility index (Phi) is 21.5. The first-order valence-electron chi connectivity index (χ1n) is 12.9. The summed E-state index contributed by atoms with van der Waals surface area (Å²) in [6.45, 7) is 4.40. The van der Waals surface area contributed by atoms with E-state index in [9.17, 15) is 9.59 Å². The van der Waals surface area contributed by atoms with E-state index in [1.165, 1.54) is 89.9 Å². The summed E-state index contributed by atoms with van der Waals surface area (Å²) >= 11 is 0. The molecule has 4 heteroatoms. The van der Waals surface area contributed by atoms with E-state index in [1.807, 2.05) is 0 Å². The lowest BCUT2D eigenvalue weighted by molar-refractivity contribution is 0.349. The molecule has 174 valence electrons. The molecule has 0 saturated carbocycles. The van der Waals surface area contributed by atoms with Crippen molar-refractivity contribution >= 4 is 12.2 Å².